The lowest BCUT2D eigenvalue weighted by atomic mass is 10.2. The molecule has 0 N–H and O–H groups in total. The van der Waals surface area contributed by atoms with Gasteiger partial charge in [0, 0.05) is 10.9 Å². The smallest absolute Gasteiger partial charge is 0.166 e. The molecule has 0 aromatic heterocycles. The van der Waals surface area contributed by atoms with Crippen molar-refractivity contribution in [3.05, 3.63) is 28.8 Å². The highest BCUT2D eigenvalue weighted by Crippen LogP contribution is 2.12. The average Bonchev–Trinajstić information content (AvgIpc) is 2.03. The Morgan fingerprint density at radius 3 is 2.58 bits per heavy atom. The van der Waals surface area contributed by atoms with E-state index >= 15 is 0 Å². The van der Waals surface area contributed by atoms with Crippen LogP contribution in [0.15, 0.2) is 18.2 Å². The first-order valence-electron chi connectivity index (χ1n) is 3.63. The second kappa shape index (κ2) is 4.52. The van der Waals surface area contributed by atoms with Crippen molar-refractivity contribution in [2.75, 3.05) is 0 Å². The number of hydrogen-bond acceptors (Lipinski definition) is 0. The first-order chi connectivity index (χ1) is 5.65. The van der Waals surface area contributed by atoms with E-state index in [0.717, 1.165) is 10.6 Å². The number of rotatable bonds is 2. The highest BCUT2D eigenvalue weighted by Gasteiger charge is 2.08. The highest BCUT2D eigenvalue weighted by atomic mass is 35.6. The molecule has 4 heteroatoms. The van der Waals surface area contributed by atoms with Crippen LogP contribution >= 0.6 is 34.3 Å². The van der Waals surface area contributed by atoms with Crippen LogP contribution in [0.25, 0.3) is 0 Å². The third-order valence-corrected chi connectivity index (χ3v) is 4.33. The molecule has 1 unspecified atom stereocenters. The third-order valence-electron chi connectivity index (χ3n) is 1.68. The van der Waals surface area contributed by atoms with E-state index in [0.29, 0.717) is 5.88 Å². The summed E-state index contributed by atoms with van der Waals surface area (Å²) < 4.78 is 0. The van der Waals surface area contributed by atoms with Gasteiger partial charge in [-0.25, -0.2) is 0 Å². The van der Waals surface area contributed by atoms with Gasteiger partial charge in [0.15, 0.2) is 8.11 Å². The Kier molecular flexibility index (Phi) is 3.91. The molecule has 0 aliphatic carbocycles. The molecule has 0 nitrogen and oxygen atoms in total. The Morgan fingerprint density at radius 2 is 2.08 bits per heavy atom. The molecule has 1 aromatic carbocycles. The standard InChI is InChI=1S/C8H9Cl3Si/c1-12(11)8-3-2-7(10)4-6(8)5-9/h2-4,12H,5H2,1H3. The van der Waals surface area contributed by atoms with Crippen molar-refractivity contribution in [2.45, 2.75) is 12.4 Å². The molecule has 12 heavy (non-hydrogen) atoms. The molecule has 0 bridgehead atoms. The molecular weight excluding hydrogens is 231 g/mol. The molecule has 0 saturated carbocycles. The van der Waals surface area contributed by atoms with E-state index in [2.05, 4.69) is 6.55 Å². The quantitative estimate of drug-likeness (QED) is 0.423. The molecule has 0 fully saturated rings. The monoisotopic (exact) mass is 238 g/mol. The molecule has 0 aliphatic rings. The Hall–Kier alpha value is 0.307. The predicted octanol–water partition coefficient (Wildman–Crippen LogP) is 2.88. The molecule has 66 valence electrons. The summed E-state index contributed by atoms with van der Waals surface area (Å²) in [6.45, 7) is 2.06. The van der Waals surface area contributed by atoms with E-state index in [1.807, 2.05) is 18.2 Å². The van der Waals surface area contributed by atoms with Crippen LogP contribution in [0.3, 0.4) is 0 Å². The minimum absolute atomic E-state index is 0.486. The van der Waals surface area contributed by atoms with Gasteiger partial charge in [-0.3, -0.25) is 0 Å². The summed E-state index contributed by atoms with van der Waals surface area (Å²) >= 11 is 17.6. The Balaban J connectivity index is 3.11. The summed E-state index contributed by atoms with van der Waals surface area (Å²) in [7, 11) is -1.28. The topological polar surface area (TPSA) is 0 Å². The van der Waals surface area contributed by atoms with Crippen molar-refractivity contribution in [1.82, 2.24) is 0 Å². The lowest BCUT2D eigenvalue weighted by Gasteiger charge is -2.07. The summed E-state index contributed by atoms with van der Waals surface area (Å²) in [5.41, 5.74) is 1.07. The predicted molar refractivity (Wildman–Crippen MR) is 59.5 cm³/mol. The van der Waals surface area contributed by atoms with E-state index in [-0.39, 0.29) is 0 Å². The molecule has 1 atom stereocenters. The molecule has 0 spiro atoms. The molecule has 0 saturated heterocycles. The zero-order valence-electron chi connectivity index (χ0n) is 6.65. The van der Waals surface area contributed by atoms with Crippen LogP contribution < -0.4 is 5.19 Å². The fourth-order valence-electron chi connectivity index (χ4n) is 1.08. The minimum atomic E-state index is -1.28. The largest absolute Gasteiger partial charge is 0.168 e. The molecule has 0 radical (unpaired) electrons. The van der Waals surface area contributed by atoms with Crippen molar-refractivity contribution in [2.24, 2.45) is 0 Å². The summed E-state index contributed by atoms with van der Waals surface area (Å²) in [5, 5.41) is 1.91. The first-order valence-corrected chi connectivity index (χ1v) is 8.02. The lowest BCUT2D eigenvalue weighted by molar-refractivity contribution is 1.44. The van der Waals surface area contributed by atoms with E-state index in [1.165, 1.54) is 5.19 Å². The Bertz CT molecular complexity index is 273. The third kappa shape index (κ3) is 2.40. The fourth-order valence-corrected chi connectivity index (χ4v) is 3.33. The van der Waals surface area contributed by atoms with Crippen molar-refractivity contribution in [3.63, 3.8) is 0 Å². The Morgan fingerprint density at radius 1 is 1.42 bits per heavy atom. The van der Waals surface area contributed by atoms with Crippen LogP contribution in [-0.2, 0) is 5.88 Å². The van der Waals surface area contributed by atoms with Gasteiger partial charge in [-0.1, -0.05) is 24.2 Å². The van der Waals surface area contributed by atoms with Crippen molar-refractivity contribution in [1.29, 1.82) is 0 Å². The average molecular weight is 240 g/mol. The molecule has 0 aliphatic heterocycles. The van der Waals surface area contributed by atoms with Crippen LogP contribution in [0.2, 0.25) is 11.6 Å². The summed E-state index contributed by atoms with van der Waals surface area (Å²) in [6, 6.07) is 5.72. The van der Waals surface area contributed by atoms with E-state index in [9.17, 15) is 0 Å². The van der Waals surface area contributed by atoms with Crippen molar-refractivity contribution in [3.8, 4) is 0 Å². The van der Waals surface area contributed by atoms with E-state index in [1.54, 1.807) is 0 Å². The fraction of sp³-hybridized carbons (Fsp3) is 0.250. The van der Waals surface area contributed by atoms with Gasteiger partial charge in [0.25, 0.3) is 0 Å². The molecule has 0 amide bonds. The van der Waals surface area contributed by atoms with Crippen LogP contribution in [0, 0.1) is 0 Å². The maximum atomic E-state index is 6.08. The summed E-state index contributed by atoms with van der Waals surface area (Å²) in [6.07, 6.45) is 0. The lowest BCUT2D eigenvalue weighted by Crippen LogP contribution is -2.24. The van der Waals surface area contributed by atoms with Crippen molar-refractivity contribution >= 4 is 47.6 Å². The number of halogens is 3. The zero-order chi connectivity index (χ0) is 9.14. The van der Waals surface area contributed by atoms with E-state index in [4.69, 9.17) is 34.3 Å². The zero-order valence-corrected chi connectivity index (χ0v) is 10.1. The SMILES string of the molecule is C[SiH](Cl)c1ccc(Cl)cc1CCl. The van der Waals surface area contributed by atoms with Gasteiger partial charge in [-0.15, -0.1) is 11.6 Å². The number of alkyl halides is 1. The summed E-state index contributed by atoms with van der Waals surface area (Å²) in [4.78, 5) is 0. The number of benzene rings is 1. The van der Waals surface area contributed by atoms with Gasteiger partial charge in [-0.2, -0.15) is 11.1 Å². The van der Waals surface area contributed by atoms with Gasteiger partial charge in [0.05, 0.1) is 0 Å². The second-order valence-electron chi connectivity index (χ2n) is 2.59. The first kappa shape index (κ1) is 10.4. The normalized spacial score (nSPS) is 13.0. The molecule has 1 aromatic rings. The maximum absolute atomic E-state index is 6.08. The second-order valence-corrected chi connectivity index (χ2v) is 7.11. The minimum Gasteiger partial charge on any atom is -0.166 e. The molecule has 1 rings (SSSR count). The van der Waals surface area contributed by atoms with Crippen LogP contribution in [-0.4, -0.2) is 8.11 Å². The van der Waals surface area contributed by atoms with Crippen LogP contribution in [0.4, 0.5) is 0 Å². The molecular formula is C8H9Cl3Si. The maximum Gasteiger partial charge on any atom is 0.168 e. The van der Waals surface area contributed by atoms with Gasteiger partial charge >= 0.3 is 0 Å². The van der Waals surface area contributed by atoms with Crippen LogP contribution in [0.5, 0.6) is 0 Å². The molecule has 0 heterocycles. The van der Waals surface area contributed by atoms with Gasteiger partial charge in [0.1, 0.15) is 0 Å². The Labute approximate surface area is 88.8 Å². The van der Waals surface area contributed by atoms with Crippen LogP contribution in [0.1, 0.15) is 5.56 Å². The highest BCUT2D eigenvalue weighted by molar-refractivity contribution is 7.13. The number of hydrogen-bond donors (Lipinski definition) is 0. The van der Waals surface area contributed by atoms with Gasteiger partial charge in [-0.05, 0) is 22.9 Å². The van der Waals surface area contributed by atoms with Crippen molar-refractivity contribution < 1.29 is 0 Å². The summed E-state index contributed by atoms with van der Waals surface area (Å²) in [5.74, 6) is 0.486. The van der Waals surface area contributed by atoms with Gasteiger partial charge < -0.3 is 0 Å². The van der Waals surface area contributed by atoms with E-state index < -0.39 is 8.11 Å². The van der Waals surface area contributed by atoms with Gasteiger partial charge in [0.2, 0.25) is 0 Å².